The fourth-order valence-electron chi connectivity index (χ4n) is 1.30. The maximum atomic E-state index is 10.6. The Morgan fingerprint density at radius 2 is 2.27 bits per heavy atom. The summed E-state index contributed by atoms with van der Waals surface area (Å²) < 4.78 is 5.14. The van der Waals surface area contributed by atoms with Crippen molar-refractivity contribution in [2.24, 2.45) is 0 Å². The molecule has 1 heterocycles. The molecule has 2 rings (SSSR count). The van der Waals surface area contributed by atoms with E-state index < -0.39 is 12.1 Å². The number of carboxylic acid groups (broad SMARTS) is 1. The van der Waals surface area contributed by atoms with Crippen LogP contribution in [0.2, 0.25) is 0 Å². The lowest BCUT2D eigenvalue weighted by atomic mass is 10.1. The lowest BCUT2D eigenvalue weighted by Gasteiger charge is -2.04. The highest BCUT2D eigenvalue weighted by molar-refractivity contribution is 9.10. The Kier molecular flexibility index (Phi) is 2.45. The van der Waals surface area contributed by atoms with Crippen LogP contribution in [0.4, 0.5) is 0 Å². The fourth-order valence-corrected chi connectivity index (χ4v) is 1.65. The van der Waals surface area contributed by atoms with E-state index in [-0.39, 0.29) is 10.4 Å². The third kappa shape index (κ3) is 1.73. The number of oxazole rings is 1. The summed E-state index contributed by atoms with van der Waals surface area (Å²) in [4.78, 5) is 14.8. The SMILES string of the molecule is O=C(O)C(O)c1cccc2oc(Br)nc12. The third-order valence-electron chi connectivity index (χ3n) is 1.95. The van der Waals surface area contributed by atoms with Crippen LogP contribution in [-0.4, -0.2) is 21.2 Å². The molecule has 0 bridgehead atoms. The van der Waals surface area contributed by atoms with Gasteiger partial charge in [-0.3, -0.25) is 0 Å². The molecule has 0 saturated carbocycles. The van der Waals surface area contributed by atoms with E-state index in [0.717, 1.165) is 0 Å². The van der Waals surface area contributed by atoms with Gasteiger partial charge in [0.25, 0.3) is 4.80 Å². The second-order valence-electron chi connectivity index (χ2n) is 2.90. The highest BCUT2D eigenvalue weighted by atomic mass is 79.9. The highest BCUT2D eigenvalue weighted by Gasteiger charge is 2.20. The number of aliphatic hydroxyl groups excluding tert-OH is 1. The molecule has 5 nitrogen and oxygen atoms in total. The maximum absolute atomic E-state index is 10.6. The molecule has 0 radical (unpaired) electrons. The zero-order chi connectivity index (χ0) is 11.0. The topological polar surface area (TPSA) is 83.6 Å². The summed E-state index contributed by atoms with van der Waals surface area (Å²) in [5.41, 5.74) is 0.994. The minimum Gasteiger partial charge on any atom is -0.479 e. The number of nitrogens with zero attached hydrogens (tertiary/aromatic N) is 1. The molecule has 0 fully saturated rings. The lowest BCUT2D eigenvalue weighted by molar-refractivity contribution is -0.146. The monoisotopic (exact) mass is 271 g/mol. The average Bonchev–Trinajstić information content (AvgIpc) is 2.56. The Balaban J connectivity index is 2.64. The maximum Gasteiger partial charge on any atom is 0.337 e. The van der Waals surface area contributed by atoms with E-state index in [9.17, 15) is 9.90 Å². The molecular formula is C9H6BrNO4. The van der Waals surface area contributed by atoms with Gasteiger partial charge in [-0.1, -0.05) is 12.1 Å². The molecule has 0 spiro atoms. The molecule has 15 heavy (non-hydrogen) atoms. The van der Waals surface area contributed by atoms with Gasteiger partial charge in [0, 0.05) is 21.5 Å². The highest BCUT2D eigenvalue weighted by Crippen LogP contribution is 2.26. The minimum atomic E-state index is -1.59. The van der Waals surface area contributed by atoms with Crippen LogP contribution >= 0.6 is 15.9 Å². The van der Waals surface area contributed by atoms with Gasteiger partial charge in [-0.2, -0.15) is 0 Å². The summed E-state index contributed by atoms with van der Waals surface area (Å²) in [5, 5.41) is 18.1. The van der Waals surface area contributed by atoms with Crippen LogP contribution < -0.4 is 0 Å². The summed E-state index contributed by atoms with van der Waals surface area (Å²) in [6, 6.07) is 4.74. The van der Waals surface area contributed by atoms with E-state index in [1.165, 1.54) is 6.07 Å². The number of carbonyl (C=O) groups is 1. The molecule has 0 saturated heterocycles. The molecule has 1 aromatic carbocycles. The quantitative estimate of drug-likeness (QED) is 0.869. The number of benzene rings is 1. The Morgan fingerprint density at radius 1 is 1.53 bits per heavy atom. The molecule has 2 aromatic rings. The number of hydrogen-bond acceptors (Lipinski definition) is 4. The first-order valence-electron chi connectivity index (χ1n) is 4.05. The second kappa shape index (κ2) is 3.63. The van der Waals surface area contributed by atoms with E-state index in [0.29, 0.717) is 11.1 Å². The summed E-state index contributed by atoms with van der Waals surface area (Å²) in [5.74, 6) is -1.32. The van der Waals surface area contributed by atoms with Crippen molar-refractivity contribution in [3.05, 3.63) is 28.6 Å². The van der Waals surface area contributed by atoms with Gasteiger partial charge in [-0.25, -0.2) is 9.78 Å². The van der Waals surface area contributed by atoms with Crippen LogP contribution in [0.3, 0.4) is 0 Å². The molecule has 2 N–H and O–H groups in total. The van der Waals surface area contributed by atoms with E-state index in [2.05, 4.69) is 20.9 Å². The first-order valence-corrected chi connectivity index (χ1v) is 4.84. The van der Waals surface area contributed by atoms with Crippen molar-refractivity contribution in [1.82, 2.24) is 4.98 Å². The smallest absolute Gasteiger partial charge is 0.337 e. The van der Waals surface area contributed by atoms with Crippen molar-refractivity contribution in [2.75, 3.05) is 0 Å². The number of fused-ring (bicyclic) bond motifs is 1. The largest absolute Gasteiger partial charge is 0.479 e. The molecule has 1 unspecified atom stereocenters. The predicted molar refractivity (Wildman–Crippen MR) is 54.3 cm³/mol. The normalized spacial score (nSPS) is 12.9. The lowest BCUT2D eigenvalue weighted by Crippen LogP contribution is -2.10. The number of aliphatic hydroxyl groups is 1. The summed E-state index contributed by atoms with van der Waals surface area (Å²) >= 11 is 3.04. The van der Waals surface area contributed by atoms with Gasteiger partial charge in [0.15, 0.2) is 11.7 Å². The summed E-state index contributed by atoms with van der Waals surface area (Å²) in [6.45, 7) is 0. The summed E-state index contributed by atoms with van der Waals surface area (Å²) in [6.07, 6.45) is -1.59. The molecule has 0 aliphatic heterocycles. The molecule has 0 aliphatic carbocycles. The Labute approximate surface area is 92.5 Å². The Hall–Kier alpha value is -1.40. The van der Waals surface area contributed by atoms with Crippen molar-refractivity contribution < 1.29 is 19.4 Å². The fraction of sp³-hybridized carbons (Fsp3) is 0.111. The summed E-state index contributed by atoms with van der Waals surface area (Å²) in [7, 11) is 0. The third-order valence-corrected chi connectivity index (χ3v) is 2.29. The van der Waals surface area contributed by atoms with Crippen molar-refractivity contribution in [3.63, 3.8) is 0 Å². The van der Waals surface area contributed by atoms with Gasteiger partial charge in [0.1, 0.15) is 5.52 Å². The van der Waals surface area contributed by atoms with Crippen molar-refractivity contribution >= 4 is 33.0 Å². The first kappa shape index (κ1) is 10.1. The molecule has 78 valence electrons. The number of aliphatic carboxylic acids is 1. The van der Waals surface area contributed by atoms with E-state index in [4.69, 9.17) is 9.52 Å². The van der Waals surface area contributed by atoms with E-state index in [1.54, 1.807) is 12.1 Å². The predicted octanol–water partition coefficient (Wildman–Crippen LogP) is 1.71. The molecule has 0 aliphatic rings. The van der Waals surface area contributed by atoms with E-state index >= 15 is 0 Å². The van der Waals surface area contributed by atoms with Gasteiger partial charge in [-0.15, -0.1) is 0 Å². The molecule has 6 heteroatoms. The van der Waals surface area contributed by atoms with Gasteiger partial charge >= 0.3 is 5.97 Å². The van der Waals surface area contributed by atoms with Gasteiger partial charge in [0.05, 0.1) is 0 Å². The molecule has 0 amide bonds. The Morgan fingerprint density at radius 3 is 2.93 bits per heavy atom. The first-order chi connectivity index (χ1) is 7.09. The van der Waals surface area contributed by atoms with Crippen molar-refractivity contribution in [2.45, 2.75) is 6.10 Å². The number of para-hydroxylation sites is 1. The second-order valence-corrected chi connectivity index (χ2v) is 3.58. The van der Waals surface area contributed by atoms with Gasteiger partial charge < -0.3 is 14.6 Å². The molecule has 1 atom stereocenters. The molecule has 1 aromatic heterocycles. The number of hydrogen-bond donors (Lipinski definition) is 2. The van der Waals surface area contributed by atoms with Crippen molar-refractivity contribution in [3.8, 4) is 0 Å². The van der Waals surface area contributed by atoms with Crippen LogP contribution in [0, 0.1) is 0 Å². The van der Waals surface area contributed by atoms with Crippen LogP contribution in [0.5, 0.6) is 0 Å². The van der Waals surface area contributed by atoms with E-state index in [1.807, 2.05) is 0 Å². The van der Waals surface area contributed by atoms with Crippen LogP contribution in [0.25, 0.3) is 11.1 Å². The van der Waals surface area contributed by atoms with Crippen molar-refractivity contribution in [1.29, 1.82) is 0 Å². The number of aromatic nitrogens is 1. The van der Waals surface area contributed by atoms with Crippen LogP contribution in [0.1, 0.15) is 11.7 Å². The zero-order valence-corrected chi connectivity index (χ0v) is 8.93. The van der Waals surface area contributed by atoms with Crippen LogP contribution in [0.15, 0.2) is 27.4 Å². The standard InChI is InChI=1S/C9H6BrNO4/c10-9-11-6-4(7(12)8(13)14)2-1-3-5(6)15-9/h1-3,7,12H,(H,13,14). The average molecular weight is 272 g/mol. The number of halogens is 1. The number of carboxylic acids is 1. The zero-order valence-electron chi connectivity index (χ0n) is 7.35. The Bertz CT molecular complexity index is 522. The van der Waals surface area contributed by atoms with Gasteiger partial charge in [-0.05, 0) is 6.07 Å². The number of rotatable bonds is 2. The van der Waals surface area contributed by atoms with Crippen LogP contribution in [-0.2, 0) is 4.79 Å². The van der Waals surface area contributed by atoms with Gasteiger partial charge in [0.2, 0.25) is 0 Å². The molecular weight excluding hydrogens is 266 g/mol. The minimum absolute atomic E-state index is 0.217.